The zero-order valence-corrected chi connectivity index (χ0v) is 6.72. The van der Waals surface area contributed by atoms with E-state index in [1.54, 1.807) is 0 Å². The van der Waals surface area contributed by atoms with Gasteiger partial charge in [-0.05, 0) is 26.3 Å². The Morgan fingerprint density at radius 2 is 2.64 bits per heavy atom. The van der Waals surface area contributed by atoms with Gasteiger partial charge in [-0.25, -0.2) is 0 Å². The lowest BCUT2D eigenvalue weighted by Crippen LogP contribution is -2.20. The zero-order chi connectivity index (χ0) is 7.68. The molecular formula is C8H13N3. The lowest BCUT2D eigenvalue weighted by molar-refractivity contribution is 0.494. The molecule has 2 rings (SSSR count). The molecule has 3 nitrogen and oxygen atoms in total. The van der Waals surface area contributed by atoms with Crippen molar-refractivity contribution in [1.82, 2.24) is 15.5 Å². The number of aryl methyl sites for hydroxylation is 1. The van der Waals surface area contributed by atoms with Crippen LogP contribution in [0.25, 0.3) is 0 Å². The van der Waals surface area contributed by atoms with Crippen LogP contribution in [0.15, 0.2) is 6.20 Å². The van der Waals surface area contributed by atoms with Gasteiger partial charge in [0.15, 0.2) is 0 Å². The second-order valence-corrected chi connectivity index (χ2v) is 3.04. The zero-order valence-electron chi connectivity index (χ0n) is 6.72. The number of rotatable bonds is 1. The van der Waals surface area contributed by atoms with Gasteiger partial charge in [-0.2, -0.15) is 5.10 Å². The predicted octanol–water partition coefficient (Wildman–Crippen LogP) is 1.01. The Bertz CT molecular complexity index is 241. The van der Waals surface area contributed by atoms with Gasteiger partial charge in [-0.1, -0.05) is 0 Å². The Morgan fingerprint density at radius 1 is 1.73 bits per heavy atom. The minimum Gasteiger partial charge on any atom is -0.313 e. The molecule has 1 aromatic rings. The summed E-state index contributed by atoms with van der Waals surface area (Å²) in [6.45, 7) is 0. The molecule has 0 radical (unpaired) electrons. The summed E-state index contributed by atoms with van der Waals surface area (Å²) in [6.07, 6.45) is 5.60. The molecule has 0 spiro atoms. The fourth-order valence-electron chi connectivity index (χ4n) is 1.76. The van der Waals surface area contributed by atoms with Gasteiger partial charge in [0.2, 0.25) is 0 Å². The van der Waals surface area contributed by atoms with Gasteiger partial charge < -0.3 is 5.32 Å². The van der Waals surface area contributed by atoms with Crippen molar-refractivity contribution >= 4 is 0 Å². The van der Waals surface area contributed by atoms with Crippen LogP contribution < -0.4 is 5.32 Å². The smallest absolute Gasteiger partial charge is 0.0538 e. The van der Waals surface area contributed by atoms with Crippen LogP contribution in [0.3, 0.4) is 0 Å². The molecule has 0 aliphatic heterocycles. The van der Waals surface area contributed by atoms with Crippen molar-refractivity contribution in [3.63, 3.8) is 0 Å². The molecule has 1 aromatic heterocycles. The molecule has 0 bridgehead atoms. The first-order chi connectivity index (χ1) is 5.42. The van der Waals surface area contributed by atoms with Crippen molar-refractivity contribution in [3.05, 3.63) is 17.5 Å². The third kappa shape index (κ3) is 1.05. The van der Waals surface area contributed by atoms with E-state index in [9.17, 15) is 0 Å². The van der Waals surface area contributed by atoms with Crippen molar-refractivity contribution in [1.29, 1.82) is 0 Å². The van der Waals surface area contributed by atoms with Crippen molar-refractivity contribution in [2.75, 3.05) is 7.05 Å². The van der Waals surface area contributed by atoms with E-state index in [0.717, 1.165) is 6.42 Å². The molecule has 0 aromatic carbocycles. The first-order valence-electron chi connectivity index (χ1n) is 4.11. The van der Waals surface area contributed by atoms with Crippen LogP contribution in [0.1, 0.15) is 30.1 Å². The van der Waals surface area contributed by atoms with Crippen LogP contribution in [0.5, 0.6) is 0 Å². The Morgan fingerprint density at radius 3 is 3.45 bits per heavy atom. The molecule has 0 saturated carbocycles. The van der Waals surface area contributed by atoms with Gasteiger partial charge in [-0.3, -0.25) is 5.10 Å². The number of fused-ring (bicyclic) bond motifs is 1. The maximum Gasteiger partial charge on any atom is 0.0538 e. The maximum absolute atomic E-state index is 4.04. The summed E-state index contributed by atoms with van der Waals surface area (Å²) in [6, 6.07) is 0.525. The number of hydrogen-bond donors (Lipinski definition) is 2. The first kappa shape index (κ1) is 6.85. The molecular weight excluding hydrogens is 138 g/mol. The summed E-state index contributed by atoms with van der Waals surface area (Å²) in [5.41, 5.74) is 2.68. The average Bonchev–Trinajstić information content (AvgIpc) is 2.50. The van der Waals surface area contributed by atoms with E-state index in [-0.39, 0.29) is 0 Å². The SMILES string of the molecule is CNC1CCCc2[nH]ncc21. The first-order valence-corrected chi connectivity index (χ1v) is 4.11. The quantitative estimate of drug-likeness (QED) is 0.628. The second-order valence-electron chi connectivity index (χ2n) is 3.04. The van der Waals surface area contributed by atoms with Crippen LogP contribution >= 0.6 is 0 Å². The van der Waals surface area contributed by atoms with Crippen LogP contribution in [-0.4, -0.2) is 17.2 Å². The molecule has 1 aliphatic carbocycles. The fourth-order valence-corrected chi connectivity index (χ4v) is 1.76. The lowest BCUT2D eigenvalue weighted by atomic mass is 9.93. The summed E-state index contributed by atoms with van der Waals surface area (Å²) in [7, 11) is 2.01. The Labute approximate surface area is 66.2 Å². The molecule has 1 aliphatic rings. The molecule has 0 amide bonds. The molecule has 60 valence electrons. The summed E-state index contributed by atoms with van der Waals surface area (Å²) in [5.74, 6) is 0. The van der Waals surface area contributed by atoms with Crippen LogP contribution in [0.4, 0.5) is 0 Å². The van der Waals surface area contributed by atoms with E-state index in [1.807, 2.05) is 13.2 Å². The van der Waals surface area contributed by atoms with E-state index < -0.39 is 0 Å². The molecule has 1 heterocycles. The van der Waals surface area contributed by atoms with Crippen molar-refractivity contribution in [2.24, 2.45) is 0 Å². The maximum atomic E-state index is 4.04. The predicted molar refractivity (Wildman–Crippen MR) is 43.3 cm³/mol. The molecule has 2 N–H and O–H groups in total. The monoisotopic (exact) mass is 151 g/mol. The normalized spacial score (nSPS) is 23.2. The standard InChI is InChI=1S/C8H13N3/c1-9-7-3-2-4-8-6(7)5-10-11-8/h5,7,9H,2-4H2,1H3,(H,10,11). The minimum atomic E-state index is 0.525. The van der Waals surface area contributed by atoms with E-state index in [0.29, 0.717) is 6.04 Å². The average molecular weight is 151 g/mol. The number of hydrogen-bond acceptors (Lipinski definition) is 2. The number of aromatic amines is 1. The molecule has 11 heavy (non-hydrogen) atoms. The van der Waals surface area contributed by atoms with Crippen molar-refractivity contribution < 1.29 is 0 Å². The van der Waals surface area contributed by atoms with E-state index in [1.165, 1.54) is 24.1 Å². The topological polar surface area (TPSA) is 40.7 Å². The van der Waals surface area contributed by atoms with Gasteiger partial charge in [0.25, 0.3) is 0 Å². The van der Waals surface area contributed by atoms with E-state index in [4.69, 9.17) is 0 Å². The lowest BCUT2D eigenvalue weighted by Gasteiger charge is -2.20. The minimum absolute atomic E-state index is 0.525. The van der Waals surface area contributed by atoms with E-state index >= 15 is 0 Å². The van der Waals surface area contributed by atoms with Crippen LogP contribution in [0.2, 0.25) is 0 Å². The Hall–Kier alpha value is -0.830. The summed E-state index contributed by atoms with van der Waals surface area (Å²) >= 11 is 0. The fraction of sp³-hybridized carbons (Fsp3) is 0.625. The number of nitrogens with zero attached hydrogens (tertiary/aromatic N) is 1. The van der Waals surface area contributed by atoms with E-state index in [2.05, 4.69) is 15.5 Å². The van der Waals surface area contributed by atoms with Gasteiger partial charge in [0.05, 0.1) is 6.20 Å². The highest BCUT2D eigenvalue weighted by molar-refractivity contribution is 5.23. The second kappa shape index (κ2) is 2.66. The van der Waals surface area contributed by atoms with Crippen molar-refractivity contribution in [2.45, 2.75) is 25.3 Å². The molecule has 0 saturated heterocycles. The molecule has 1 atom stereocenters. The third-order valence-electron chi connectivity index (χ3n) is 2.40. The highest BCUT2D eigenvalue weighted by atomic mass is 15.1. The Kier molecular flexibility index (Phi) is 1.66. The summed E-state index contributed by atoms with van der Waals surface area (Å²) in [5, 5.41) is 10.4. The highest BCUT2D eigenvalue weighted by Crippen LogP contribution is 2.27. The summed E-state index contributed by atoms with van der Waals surface area (Å²) in [4.78, 5) is 0. The Balaban J connectivity index is 2.32. The third-order valence-corrected chi connectivity index (χ3v) is 2.40. The molecule has 3 heteroatoms. The highest BCUT2D eigenvalue weighted by Gasteiger charge is 2.19. The largest absolute Gasteiger partial charge is 0.313 e. The number of aromatic nitrogens is 2. The van der Waals surface area contributed by atoms with Crippen molar-refractivity contribution in [3.8, 4) is 0 Å². The van der Waals surface area contributed by atoms with Gasteiger partial charge in [0.1, 0.15) is 0 Å². The van der Waals surface area contributed by atoms with Gasteiger partial charge >= 0.3 is 0 Å². The number of H-pyrrole nitrogens is 1. The van der Waals surface area contributed by atoms with Gasteiger partial charge in [0, 0.05) is 17.3 Å². The van der Waals surface area contributed by atoms with Crippen LogP contribution in [0, 0.1) is 0 Å². The van der Waals surface area contributed by atoms with Gasteiger partial charge in [-0.15, -0.1) is 0 Å². The molecule has 1 unspecified atom stereocenters. The van der Waals surface area contributed by atoms with Crippen LogP contribution in [-0.2, 0) is 6.42 Å². The summed E-state index contributed by atoms with van der Waals surface area (Å²) < 4.78 is 0. The molecule has 0 fully saturated rings. The number of nitrogens with one attached hydrogen (secondary N) is 2.